The number of aliphatic hydroxyl groups excluding tert-OH is 1. The summed E-state index contributed by atoms with van der Waals surface area (Å²) in [4.78, 5) is 0. The molecule has 0 saturated heterocycles. The van der Waals surface area contributed by atoms with Crippen molar-refractivity contribution >= 4 is 0 Å². The molecule has 2 N–H and O–H groups in total. The van der Waals surface area contributed by atoms with Crippen LogP contribution in [0.15, 0.2) is 0 Å². The highest BCUT2D eigenvalue weighted by Gasteiger charge is 2.14. The third kappa shape index (κ3) is 6.02. The summed E-state index contributed by atoms with van der Waals surface area (Å²) < 4.78 is 4.89. The van der Waals surface area contributed by atoms with E-state index in [4.69, 9.17) is 4.74 Å². The molecular formula is C10H23NO2. The van der Waals surface area contributed by atoms with E-state index in [1.54, 1.807) is 7.11 Å². The summed E-state index contributed by atoms with van der Waals surface area (Å²) >= 11 is 0. The minimum atomic E-state index is -0.216. The van der Waals surface area contributed by atoms with E-state index in [2.05, 4.69) is 19.2 Å². The first kappa shape index (κ1) is 12.9. The molecule has 13 heavy (non-hydrogen) atoms. The molecule has 3 heteroatoms. The highest BCUT2D eigenvalue weighted by molar-refractivity contribution is 4.68. The molecule has 3 nitrogen and oxygen atoms in total. The number of hydrogen-bond acceptors (Lipinski definition) is 3. The van der Waals surface area contributed by atoms with Crippen molar-refractivity contribution in [2.45, 2.75) is 32.8 Å². The van der Waals surface area contributed by atoms with Crippen LogP contribution in [0.4, 0.5) is 0 Å². The predicted octanol–water partition coefficient (Wildman–Crippen LogP) is 1.02. The van der Waals surface area contributed by atoms with Crippen LogP contribution in [0.3, 0.4) is 0 Å². The number of nitrogens with one attached hydrogen (secondary N) is 1. The minimum Gasteiger partial charge on any atom is -0.392 e. The maximum absolute atomic E-state index is 9.70. The molecule has 0 aliphatic heterocycles. The molecule has 0 aliphatic carbocycles. The number of hydrogen-bond donors (Lipinski definition) is 2. The third-order valence-corrected chi connectivity index (χ3v) is 2.43. The van der Waals surface area contributed by atoms with E-state index in [9.17, 15) is 5.11 Å². The van der Waals surface area contributed by atoms with E-state index < -0.39 is 0 Å². The molecule has 0 amide bonds. The highest BCUT2D eigenvalue weighted by Crippen LogP contribution is 2.11. The monoisotopic (exact) mass is 189 g/mol. The number of ether oxygens (including phenoxy) is 1. The molecule has 1 unspecified atom stereocenters. The largest absolute Gasteiger partial charge is 0.392 e. The normalized spacial score (nSPS) is 13.6. The van der Waals surface area contributed by atoms with Gasteiger partial charge in [-0.25, -0.2) is 0 Å². The fourth-order valence-corrected chi connectivity index (χ4v) is 1.42. The van der Waals surface area contributed by atoms with Gasteiger partial charge in [-0.3, -0.25) is 0 Å². The molecule has 0 rings (SSSR count). The molecule has 0 radical (unpaired) electrons. The van der Waals surface area contributed by atoms with Gasteiger partial charge < -0.3 is 15.2 Å². The van der Waals surface area contributed by atoms with Crippen molar-refractivity contribution in [2.75, 3.05) is 26.8 Å². The molecule has 1 atom stereocenters. The van der Waals surface area contributed by atoms with Gasteiger partial charge in [-0.15, -0.1) is 0 Å². The van der Waals surface area contributed by atoms with Crippen molar-refractivity contribution < 1.29 is 9.84 Å². The number of rotatable bonds is 8. The van der Waals surface area contributed by atoms with E-state index in [-0.39, 0.29) is 6.10 Å². The zero-order valence-electron chi connectivity index (χ0n) is 9.05. The number of aliphatic hydroxyl groups is 1. The van der Waals surface area contributed by atoms with Gasteiger partial charge in [-0.05, 0) is 5.92 Å². The maximum atomic E-state index is 9.70. The molecule has 0 spiro atoms. The van der Waals surface area contributed by atoms with Crippen molar-refractivity contribution in [1.82, 2.24) is 5.32 Å². The second-order valence-electron chi connectivity index (χ2n) is 3.34. The average molecular weight is 189 g/mol. The summed E-state index contributed by atoms with van der Waals surface area (Å²) in [5.41, 5.74) is 0. The van der Waals surface area contributed by atoms with Crippen LogP contribution in [0.1, 0.15) is 26.7 Å². The summed E-state index contributed by atoms with van der Waals surface area (Å²) in [7, 11) is 1.68. The van der Waals surface area contributed by atoms with E-state index in [0.29, 0.717) is 19.1 Å². The van der Waals surface area contributed by atoms with Crippen molar-refractivity contribution in [1.29, 1.82) is 0 Å². The Hall–Kier alpha value is -0.120. The lowest BCUT2D eigenvalue weighted by Gasteiger charge is -2.20. The van der Waals surface area contributed by atoms with E-state index >= 15 is 0 Å². The lowest BCUT2D eigenvalue weighted by molar-refractivity contribution is 0.0984. The van der Waals surface area contributed by atoms with Crippen molar-refractivity contribution in [2.24, 2.45) is 5.92 Å². The Labute approximate surface area is 81.5 Å². The van der Waals surface area contributed by atoms with Crippen LogP contribution in [0, 0.1) is 5.92 Å². The fourth-order valence-electron chi connectivity index (χ4n) is 1.42. The zero-order chi connectivity index (χ0) is 10.1. The Morgan fingerprint density at radius 1 is 1.31 bits per heavy atom. The van der Waals surface area contributed by atoms with Gasteiger partial charge in [0, 0.05) is 20.2 Å². The Bertz CT molecular complexity index is 105. The zero-order valence-corrected chi connectivity index (χ0v) is 9.05. The quantitative estimate of drug-likeness (QED) is 0.560. The average Bonchev–Trinajstić information content (AvgIpc) is 2.14. The summed E-state index contributed by atoms with van der Waals surface area (Å²) in [5.74, 6) is 0.426. The van der Waals surface area contributed by atoms with Gasteiger partial charge in [0.2, 0.25) is 0 Å². The molecule has 0 saturated carbocycles. The van der Waals surface area contributed by atoms with E-state index in [0.717, 1.165) is 19.4 Å². The van der Waals surface area contributed by atoms with Crippen LogP contribution >= 0.6 is 0 Å². The van der Waals surface area contributed by atoms with Crippen LogP contribution in [-0.2, 0) is 4.74 Å². The van der Waals surface area contributed by atoms with Crippen LogP contribution < -0.4 is 5.32 Å². The van der Waals surface area contributed by atoms with E-state index in [1.165, 1.54) is 0 Å². The molecule has 0 aromatic heterocycles. The lowest BCUT2D eigenvalue weighted by atomic mass is 9.97. The first-order valence-electron chi connectivity index (χ1n) is 5.13. The topological polar surface area (TPSA) is 41.5 Å². The lowest BCUT2D eigenvalue weighted by Crippen LogP contribution is -2.34. The van der Waals surface area contributed by atoms with Crippen LogP contribution in [-0.4, -0.2) is 38.0 Å². The van der Waals surface area contributed by atoms with Gasteiger partial charge in [0.15, 0.2) is 0 Å². The van der Waals surface area contributed by atoms with E-state index in [1.807, 2.05) is 0 Å². The summed E-state index contributed by atoms with van der Waals surface area (Å²) in [6.07, 6.45) is 1.87. The second-order valence-corrected chi connectivity index (χ2v) is 3.34. The first-order chi connectivity index (χ1) is 6.26. The SMILES string of the molecule is CCC(CC)C(O)CNCCOC. The van der Waals surface area contributed by atoms with Crippen LogP contribution in [0.25, 0.3) is 0 Å². The number of methoxy groups -OCH3 is 1. The predicted molar refractivity (Wildman–Crippen MR) is 54.8 cm³/mol. The Balaban J connectivity index is 3.42. The Morgan fingerprint density at radius 3 is 2.38 bits per heavy atom. The minimum absolute atomic E-state index is 0.216. The third-order valence-electron chi connectivity index (χ3n) is 2.43. The fraction of sp³-hybridized carbons (Fsp3) is 1.00. The summed E-state index contributed by atoms with van der Waals surface area (Å²) in [5, 5.41) is 12.9. The van der Waals surface area contributed by atoms with Gasteiger partial charge in [0.1, 0.15) is 0 Å². The van der Waals surface area contributed by atoms with Gasteiger partial charge in [0.05, 0.1) is 12.7 Å². The van der Waals surface area contributed by atoms with Crippen molar-refractivity contribution in [3.63, 3.8) is 0 Å². The standard InChI is InChI=1S/C10H23NO2/c1-4-9(5-2)10(12)8-11-6-7-13-3/h9-12H,4-8H2,1-3H3. The molecule has 80 valence electrons. The maximum Gasteiger partial charge on any atom is 0.0692 e. The Kier molecular flexibility index (Phi) is 8.40. The smallest absolute Gasteiger partial charge is 0.0692 e. The van der Waals surface area contributed by atoms with Crippen LogP contribution in [0.5, 0.6) is 0 Å². The van der Waals surface area contributed by atoms with Gasteiger partial charge in [-0.1, -0.05) is 26.7 Å². The van der Waals surface area contributed by atoms with Crippen molar-refractivity contribution in [3.8, 4) is 0 Å². The molecule has 0 heterocycles. The summed E-state index contributed by atoms with van der Waals surface area (Å²) in [6, 6.07) is 0. The Morgan fingerprint density at radius 2 is 1.92 bits per heavy atom. The summed E-state index contributed by atoms with van der Waals surface area (Å²) in [6.45, 7) is 6.43. The molecule has 0 aromatic carbocycles. The first-order valence-corrected chi connectivity index (χ1v) is 5.13. The van der Waals surface area contributed by atoms with Crippen LogP contribution in [0.2, 0.25) is 0 Å². The molecule has 0 bridgehead atoms. The second kappa shape index (κ2) is 8.48. The van der Waals surface area contributed by atoms with Gasteiger partial charge in [0.25, 0.3) is 0 Å². The molecule has 0 aromatic rings. The van der Waals surface area contributed by atoms with Gasteiger partial charge >= 0.3 is 0 Å². The highest BCUT2D eigenvalue weighted by atomic mass is 16.5. The van der Waals surface area contributed by atoms with Gasteiger partial charge in [-0.2, -0.15) is 0 Å². The molecule has 0 aliphatic rings. The van der Waals surface area contributed by atoms with Crippen molar-refractivity contribution in [3.05, 3.63) is 0 Å². The molecule has 0 fully saturated rings. The molecular weight excluding hydrogens is 166 g/mol.